The Morgan fingerprint density at radius 1 is 0.917 bits per heavy atom. The fourth-order valence-electron chi connectivity index (χ4n) is 7.43. The van der Waals surface area contributed by atoms with Gasteiger partial charge < -0.3 is 33.8 Å². The number of methoxy groups -OCH3 is 2. The van der Waals surface area contributed by atoms with Gasteiger partial charge in [-0.3, -0.25) is 9.11 Å². The van der Waals surface area contributed by atoms with Crippen LogP contribution in [0.2, 0.25) is 0 Å². The van der Waals surface area contributed by atoms with Crippen LogP contribution in [0, 0.1) is 0 Å². The summed E-state index contributed by atoms with van der Waals surface area (Å²) in [6, 6.07) is 14.5. The van der Waals surface area contributed by atoms with Gasteiger partial charge in [0.1, 0.15) is 24.7 Å². The van der Waals surface area contributed by atoms with Crippen LogP contribution in [0.1, 0.15) is 70.3 Å². The Morgan fingerprint density at radius 3 is 2.18 bits per heavy atom. The summed E-state index contributed by atoms with van der Waals surface area (Å²) in [5.74, 6) is -1.07. The number of ether oxygens (including phenoxy) is 2. The fourth-order valence-corrected chi connectivity index (χ4v) is 8.43. The molecule has 4 N–H and O–H groups in total. The van der Waals surface area contributed by atoms with Gasteiger partial charge in [0.25, 0.3) is 20.2 Å². The number of hydrogen-bond acceptors (Lipinski definition) is 12. The Hall–Kier alpha value is -4.98. The summed E-state index contributed by atoms with van der Waals surface area (Å²) in [5.41, 5.74) is 2.31. The molecule has 3 heterocycles. The number of nitrogens with zero attached hydrogens (tertiary/aromatic N) is 3. The number of allylic oxidation sites excluding steroid dienone is 3. The van der Waals surface area contributed by atoms with Gasteiger partial charge in [-0.2, -0.15) is 16.8 Å². The van der Waals surface area contributed by atoms with Crippen LogP contribution < -0.4 is 19.7 Å². The van der Waals surface area contributed by atoms with Crippen LogP contribution in [0.25, 0.3) is 17.4 Å². The third-order valence-electron chi connectivity index (χ3n) is 10.4. The quantitative estimate of drug-likeness (QED) is 0.0766. The van der Waals surface area contributed by atoms with Crippen molar-refractivity contribution in [3.8, 4) is 23.1 Å². The number of hydrogen-bond donors (Lipinski definition) is 4. The molecule has 1 unspecified atom stereocenters. The Kier molecular flexibility index (Phi) is 14.4. The van der Waals surface area contributed by atoms with Crippen molar-refractivity contribution >= 4 is 38.0 Å². The van der Waals surface area contributed by atoms with E-state index in [0.29, 0.717) is 59.5 Å². The molecule has 0 radical (unpaired) electrons. The van der Waals surface area contributed by atoms with E-state index >= 15 is 0 Å². The smallest absolute Gasteiger partial charge is 0.333 e. The maximum absolute atomic E-state index is 12.9. The van der Waals surface area contributed by atoms with Crippen molar-refractivity contribution in [2.24, 2.45) is 0 Å². The molecule has 2 aliphatic heterocycles. The van der Waals surface area contributed by atoms with E-state index < -0.39 is 49.1 Å². The van der Waals surface area contributed by atoms with E-state index in [9.17, 15) is 40.9 Å². The predicted molar refractivity (Wildman–Crippen MR) is 225 cm³/mol. The molecule has 0 bridgehead atoms. The van der Waals surface area contributed by atoms with Crippen LogP contribution in [0.4, 0.5) is 5.69 Å². The zero-order chi connectivity index (χ0) is 44.0. The molecule has 16 nitrogen and oxygen atoms in total. The number of carbonyl (C=O) groups is 1. The maximum atomic E-state index is 12.9. The predicted octanol–water partition coefficient (Wildman–Crippen LogP) is 4.98. The highest BCUT2D eigenvalue weighted by molar-refractivity contribution is 7.86. The van der Waals surface area contributed by atoms with E-state index in [1.807, 2.05) is 30.0 Å². The first-order chi connectivity index (χ1) is 28.2. The van der Waals surface area contributed by atoms with E-state index in [-0.39, 0.29) is 42.5 Å². The standard InChI is InChI=1S/C42H53N3O13S2/c1-41(2,3)33-27-30(57-36-26-29(13-15-32(33)36)43(21-23-55-5)22-24-56-6)10-7-11-37-42(4,19-8-12-40(48)58-45-38(46)17-18-39(45)47)34-28-31(60(52,53)54)14-16-35(34)44(37)20-9-25-59(49,50)51/h7,10-11,13-18,26-28H,8-9,12,19-25H2,1-6H3,(H3-,46,47,49,50,51,52,53,54)/p+1. The molecule has 5 rings (SSSR count). The highest BCUT2D eigenvalue weighted by atomic mass is 32.2. The molecule has 1 aromatic carbocycles. The van der Waals surface area contributed by atoms with Gasteiger partial charge in [-0.1, -0.05) is 26.8 Å². The third-order valence-corrected chi connectivity index (χ3v) is 12.1. The first-order valence-electron chi connectivity index (χ1n) is 19.3. The molecule has 0 fully saturated rings. The van der Waals surface area contributed by atoms with Crippen LogP contribution in [0.15, 0.2) is 81.8 Å². The van der Waals surface area contributed by atoms with E-state index in [1.54, 1.807) is 32.4 Å². The molecule has 3 aliphatic rings. The zero-order valence-electron chi connectivity index (χ0n) is 34.6. The SMILES string of the molecule is COCC[N+](CCOC)=c1ccc2c(C(C)(C)C)cc(C=CC=C3N(CCCS(=O)(=O)O)c4ccc(S(=O)(=O)O)cc4C3(C)CCCC(=O)On3c(O)ccc3O)oc-2c1. The Balaban J connectivity index is 1.61. The number of fused-ring (bicyclic) bond motifs is 2. The highest BCUT2D eigenvalue weighted by Gasteiger charge is 2.44. The van der Waals surface area contributed by atoms with E-state index in [2.05, 4.69) is 31.4 Å². The minimum absolute atomic E-state index is 0.00863. The fraction of sp³-hybridized carbons (Fsp3) is 0.429. The molecule has 1 atom stereocenters. The molecule has 0 spiro atoms. The number of aromatic hydroxyl groups is 2. The van der Waals surface area contributed by atoms with Gasteiger partial charge in [0, 0.05) is 67.7 Å². The summed E-state index contributed by atoms with van der Waals surface area (Å²) < 4.78 is 87.8. The van der Waals surface area contributed by atoms with Crippen LogP contribution in [0.5, 0.6) is 11.8 Å². The molecule has 1 aromatic heterocycles. The average molecular weight is 873 g/mol. The second-order valence-electron chi connectivity index (χ2n) is 15.8. The molecule has 0 saturated heterocycles. The van der Waals surface area contributed by atoms with Gasteiger partial charge in [-0.25, -0.2) is 9.37 Å². The molecule has 18 heteroatoms. The summed E-state index contributed by atoms with van der Waals surface area (Å²) in [6.45, 7) is 10.6. The molecule has 0 amide bonds. The van der Waals surface area contributed by atoms with Crippen LogP contribution in [-0.4, -0.2) is 99.7 Å². The lowest BCUT2D eigenvalue weighted by molar-refractivity contribution is -0.145. The second-order valence-corrected chi connectivity index (χ2v) is 18.8. The number of rotatable bonds is 18. The lowest BCUT2D eigenvalue weighted by Crippen LogP contribution is -2.35. The monoisotopic (exact) mass is 872 g/mol. The maximum Gasteiger partial charge on any atom is 0.333 e. The number of anilines is 1. The molecule has 0 saturated carbocycles. The number of aromatic nitrogens is 1. The third kappa shape index (κ3) is 11.0. The van der Waals surface area contributed by atoms with E-state index in [4.69, 9.17) is 18.7 Å². The second kappa shape index (κ2) is 18.7. The first kappa shape index (κ1) is 46.1. The van der Waals surface area contributed by atoms with Gasteiger partial charge in [0.2, 0.25) is 17.1 Å². The summed E-state index contributed by atoms with van der Waals surface area (Å²) in [6.07, 6.45) is 5.61. The number of benzene rings is 2. The van der Waals surface area contributed by atoms with Gasteiger partial charge in [0.05, 0.1) is 16.7 Å². The van der Waals surface area contributed by atoms with Gasteiger partial charge in [-0.05, 0) is 85.2 Å². The summed E-state index contributed by atoms with van der Waals surface area (Å²) in [7, 11) is -5.65. The summed E-state index contributed by atoms with van der Waals surface area (Å²) >= 11 is 0. The topological polar surface area (TPSA) is 218 Å². The van der Waals surface area contributed by atoms with E-state index in [1.165, 1.54) is 18.2 Å². The lowest BCUT2D eigenvalue weighted by Gasteiger charge is -2.30. The van der Waals surface area contributed by atoms with Crippen molar-refractivity contribution in [1.82, 2.24) is 9.31 Å². The van der Waals surface area contributed by atoms with Gasteiger partial charge in [0.15, 0.2) is 13.1 Å². The molecular formula is C42H54N3O13S2+. The lowest BCUT2D eigenvalue weighted by atomic mass is 9.77. The van der Waals surface area contributed by atoms with Crippen molar-refractivity contribution in [2.45, 2.75) is 69.1 Å². The van der Waals surface area contributed by atoms with Crippen molar-refractivity contribution in [3.63, 3.8) is 0 Å². The Bertz CT molecular complexity index is 2490. The minimum atomic E-state index is -4.64. The Labute approximate surface area is 350 Å². The van der Waals surface area contributed by atoms with Crippen molar-refractivity contribution in [3.05, 3.63) is 94.7 Å². The summed E-state index contributed by atoms with van der Waals surface area (Å²) in [5, 5.41) is 20.8. The van der Waals surface area contributed by atoms with E-state index in [0.717, 1.165) is 28.6 Å². The average Bonchev–Trinajstić information content (AvgIpc) is 3.60. The largest absolute Gasteiger partial charge is 0.492 e. The molecule has 1 aliphatic carbocycles. The molecule has 326 valence electrons. The normalized spacial score (nSPS) is 16.6. The highest BCUT2D eigenvalue weighted by Crippen LogP contribution is 2.51. The minimum Gasteiger partial charge on any atom is -0.492 e. The van der Waals surface area contributed by atoms with Crippen molar-refractivity contribution in [1.29, 1.82) is 0 Å². The Morgan fingerprint density at radius 2 is 1.58 bits per heavy atom. The van der Waals surface area contributed by atoms with Crippen molar-refractivity contribution < 1.29 is 59.7 Å². The first-order valence-corrected chi connectivity index (χ1v) is 22.4. The van der Waals surface area contributed by atoms with Gasteiger partial charge >= 0.3 is 5.97 Å². The van der Waals surface area contributed by atoms with Crippen LogP contribution in [0.3, 0.4) is 0 Å². The molecule has 60 heavy (non-hydrogen) atoms. The molecular weight excluding hydrogens is 819 g/mol. The van der Waals surface area contributed by atoms with Gasteiger partial charge in [-0.15, -0.1) is 4.73 Å². The molecule has 2 aromatic rings. The van der Waals surface area contributed by atoms with Crippen LogP contribution >= 0.6 is 0 Å². The summed E-state index contributed by atoms with van der Waals surface area (Å²) in [4.78, 5) is 19.5. The van der Waals surface area contributed by atoms with Crippen LogP contribution in [-0.2, 0) is 45.3 Å². The van der Waals surface area contributed by atoms with Crippen molar-refractivity contribution in [2.75, 3.05) is 57.7 Å². The zero-order valence-corrected chi connectivity index (χ0v) is 36.3. The number of carbonyl (C=O) groups excluding carboxylic acids is 1.